The van der Waals surface area contributed by atoms with Gasteiger partial charge in [-0.25, -0.2) is 8.78 Å². The van der Waals surface area contributed by atoms with Gasteiger partial charge in [-0.3, -0.25) is 9.89 Å². The number of hydrogen-bond donors (Lipinski definition) is 3. The number of anilines is 2. The second kappa shape index (κ2) is 4.55. The molecule has 0 spiro atoms. The summed E-state index contributed by atoms with van der Waals surface area (Å²) in [6, 6.07) is 0. The minimum Gasteiger partial charge on any atom is -0.394 e. The standard InChI is InChI=1S/C11H16F2N4O/c1-6-8(14)9(17-16-6)15-10(18)7-2-4-11(12,13)5-3-7/h7H,2-5,14H2,1H3,(H2,15,16,17,18). The van der Waals surface area contributed by atoms with Crippen molar-refractivity contribution in [3.05, 3.63) is 5.69 Å². The Morgan fingerprint density at radius 3 is 2.61 bits per heavy atom. The number of carbonyl (C=O) groups is 1. The first-order valence-corrected chi connectivity index (χ1v) is 5.88. The van der Waals surface area contributed by atoms with Crippen LogP contribution in [0, 0.1) is 12.8 Å². The van der Waals surface area contributed by atoms with Gasteiger partial charge in [0.05, 0.1) is 11.4 Å². The third kappa shape index (κ3) is 2.60. The van der Waals surface area contributed by atoms with E-state index >= 15 is 0 Å². The molecule has 0 saturated heterocycles. The minimum absolute atomic E-state index is 0.197. The van der Waals surface area contributed by atoms with Crippen molar-refractivity contribution in [2.24, 2.45) is 5.92 Å². The van der Waals surface area contributed by atoms with E-state index in [1.165, 1.54) is 0 Å². The number of carbonyl (C=O) groups excluding carboxylic acids is 1. The maximum atomic E-state index is 13.0. The summed E-state index contributed by atoms with van der Waals surface area (Å²) in [5, 5.41) is 9.07. The van der Waals surface area contributed by atoms with Crippen molar-refractivity contribution in [3.8, 4) is 0 Å². The van der Waals surface area contributed by atoms with Crippen LogP contribution in [0.25, 0.3) is 0 Å². The average molecular weight is 258 g/mol. The van der Waals surface area contributed by atoms with Crippen molar-refractivity contribution in [1.29, 1.82) is 0 Å². The number of amides is 1. The number of rotatable bonds is 2. The first-order valence-electron chi connectivity index (χ1n) is 5.88. The van der Waals surface area contributed by atoms with Crippen LogP contribution >= 0.6 is 0 Å². The van der Waals surface area contributed by atoms with Crippen molar-refractivity contribution in [2.75, 3.05) is 11.1 Å². The van der Waals surface area contributed by atoms with E-state index in [1.54, 1.807) is 6.92 Å². The number of nitrogens with one attached hydrogen (secondary N) is 2. The summed E-state index contributed by atoms with van der Waals surface area (Å²) in [4.78, 5) is 11.9. The second-order valence-corrected chi connectivity index (χ2v) is 4.73. The summed E-state index contributed by atoms with van der Waals surface area (Å²) in [6.45, 7) is 1.74. The highest BCUT2D eigenvalue weighted by molar-refractivity contribution is 5.94. The van der Waals surface area contributed by atoms with E-state index in [0.717, 1.165) is 0 Å². The normalized spacial score (nSPS) is 19.7. The first-order chi connectivity index (χ1) is 8.39. The van der Waals surface area contributed by atoms with E-state index in [9.17, 15) is 13.6 Å². The van der Waals surface area contributed by atoms with Crippen molar-refractivity contribution in [2.45, 2.75) is 38.5 Å². The lowest BCUT2D eigenvalue weighted by molar-refractivity contribution is -0.124. The Kier molecular flexibility index (Phi) is 3.23. The van der Waals surface area contributed by atoms with Crippen LogP contribution in [0.3, 0.4) is 0 Å². The fraction of sp³-hybridized carbons (Fsp3) is 0.636. The first kappa shape index (κ1) is 12.8. The SMILES string of the molecule is Cc1[nH]nc(NC(=O)C2CCC(F)(F)CC2)c1N. The number of H-pyrrole nitrogens is 1. The van der Waals surface area contributed by atoms with Crippen LogP contribution in [0.1, 0.15) is 31.4 Å². The molecule has 1 aliphatic carbocycles. The third-order valence-corrected chi connectivity index (χ3v) is 3.32. The van der Waals surface area contributed by atoms with Crippen LogP contribution < -0.4 is 11.1 Å². The number of alkyl halides is 2. The molecule has 0 aliphatic heterocycles. The number of aromatic amines is 1. The number of hydrogen-bond acceptors (Lipinski definition) is 3. The lowest BCUT2D eigenvalue weighted by Gasteiger charge is -2.27. The van der Waals surface area contributed by atoms with Gasteiger partial charge in [-0.1, -0.05) is 0 Å². The Labute approximate surface area is 103 Å². The van der Waals surface area contributed by atoms with Gasteiger partial charge < -0.3 is 11.1 Å². The maximum absolute atomic E-state index is 13.0. The second-order valence-electron chi connectivity index (χ2n) is 4.73. The van der Waals surface area contributed by atoms with Crippen LogP contribution in [0.2, 0.25) is 0 Å². The van der Waals surface area contributed by atoms with Crippen LogP contribution in [-0.4, -0.2) is 22.0 Å². The summed E-state index contributed by atoms with van der Waals surface area (Å²) < 4.78 is 25.9. The van der Waals surface area contributed by atoms with E-state index in [-0.39, 0.29) is 43.3 Å². The smallest absolute Gasteiger partial charge is 0.248 e. The summed E-state index contributed by atoms with van der Waals surface area (Å²) >= 11 is 0. The molecule has 1 aromatic rings. The Morgan fingerprint density at radius 1 is 1.50 bits per heavy atom. The Morgan fingerprint density at radius 2 is 2.11 bits per heavy atom. The van der Waals surface area contributed by atoms with Gasteiger partial charge in [0.15, 0.2) is 5.82 Å². The predicted molar refractivity (Wildman–Crippen MR) is 63.3 cm³/mol. The van der Waals surface area contributed by atoms with Gasteiger partial charge >= 0.3 is 0 Å². The van der Waals surface area contributed by atoms with Crippen LogP contribution in [-0.2, 0) is 4.79 Å². The van der Waals surface area contributed by atoms with Crippen molar-refractivity contribution in [1.82, 2.24) is 10.2 Å². The zero-order chi connectivity index (χ0) is 13.3. The maximum Gasteiger partial charge on any atom is 0.248 e. The van der Waals surface area contributed by atoms with Crippen LogP contribution in [0.4, 0.5) is 20.3 Å². The highest BCUT2D eigenvalue weighted by Gasteiger charge is 2.37. The zero-order valence-corrected chi connectivity index (χ0v) is 10.1. The zero-order valence-electron chi connectivity index (χ0n) is 10.1. The molecule has 0 radical (unpaired) electrons. The molecule has 1 aliphatic rings. The van der Waals surface area contributed by atoms with E-state index in [4.69, 9.17) is 5.73 Å². The Balaban J connectivity index is 1.95. The van der Waals surface area contributed by atoms with Gasteiger partial charge in [-0.2, -0.15) is 5.10 Å². The molecule has 1 saturated carbocycles. The lowest BCUT2D eigenvalue weighted by atomic mass is 9.86. The van der Waals surface area contributed by atoms with Crippen LogP contribution in [0.15, 0.2) is 0 Å². The van der Waals surface area contributed by atoms with Crippen molar-refractivity contribution < 1.29 is 13.6 Å². The van der Waals surface area contributed by atoms with E-state index < -0.39 is 5.92 Å². The van der Waals surface area contributed by atoms with Gasteiger partial charge in [0.1, 0.15) is 0 Å². The minimum atomic E-state index is -2.63. The molecule has 100 valence electrons. The lowest BCUT2D eigenvalue weighted by Crippen LogP contribution is -2.32. The van der Waals surface area contributed by atoms with Crippen molar-refractivity contribution in [3.63, 3.8) is 0 Å². The molecule has 1 amide bonds. The van der Waals surface area contributed by atoms with E-state index in [0.29, 0.717) is 11.4 Å². The van der Waals surface area contributed by atoms with Gasteiger partial charge in [0, 0.05) is 18.8 Å². The van der Waals surface area contributed by atoms with Gasteiger partial charge in [-0.05, 0) is 19.8 Å². The van der Waals surface area contributed by atoms with E-state index in [2.05, 4.69) is 15.5 Å². The number of nitrogen functional groups attached to an aromatic ring is 1. The van der Waals surface area contributed by atoms with Crippen molar-refractivity contribution >= 4 is 17.4 Å². The summed E-state index contributed by atoms with van der Waals surface area (Å²) in [5.41, 5.74) is 6.74. The molecule has 1 aromatic heterocycles. The quantitative estimate of drug-likeness (QED) is 0.759. The monoisotopic (exact) mass is 258 g/mol. The molecule has 7 heteroatoms. The van der Waals surface area contributed by atoms with Gasteiger partial charge in [0.2, 0.25) is 11.8 Å². The fourth-order valence-electron chi connectivity index (χ4n) is 2.05. The molecule has 0 bridgehead atoms. The summed E-state index contributed by atoms with van der Waals surface area (Å²) in [6.07, 6.45) is -0.0788. The number of aromatic nitrogens is 2. The molecule has 0 unspecified atom stereocenters. The molecular formula is C11H16F2N4O. The topological polar surface area (TPSA) is 83.8 Å². The summed E-state index contributed by atoms with van der Waals surface area (Å²) in [5.74, 6) is -3.03. The molecule has 5 nitrogen and oxygen atoms in total. The molecule has 0 atom stereocenters. The number of nitrogens with two attached hydrogens (primary N) is 1. The van der Waals surface area contributed by atoms with Gasteiger partial charge in [-0.15, -0.1) is 0 Å². The molecule has 2 rings (SSSR count). The number of aryl methyl sites for hydroxylation is 1. The molecule has 0 aromatic carbocycles. The molecule has 1 heterocycles. The highest BCUT2D eigenvalue weighted by Crippen LogP contribution is 2.36. The third-order valence-electron chi connectivity index (χ3n) is 3.32. The molecular weight excluding hydrogens is 242 g/mol. The molecule has 4 N–H and O–H groups in total. The van der Waals surface area contributed by atoms with Crippen LogP contribution in [0.5, 0.6) is 0 Å². The molecule has 18 heavy (non-hydrogen) atoms. The fourth-order valence-corrected chi connectivity index (χ4v) is 2.05. The predicted octanol–water partition coefficient (Wildman–Crippen LogP) is 2.06. The summed E-state index contributed by atoms with van der Waals surface area (Å²) in [7, 11) is 0. The number of nitrogens with zero attached hydrogens (tertiary/aromatic N) is 1. The number of halogens is 2. The Hall–Kier alpha value is -1.66. The Bertz CT molecular complexity index is 448. The molecule has 1 fully saturated rings. The largest absolute Gasteiger partial charge is 0.394 e. The highest BCUT2D eigenvalue weighted by atomic mass is 19.3. The van der Waals surface area contributed by atoms with E-state index in [1.807, 2.05) is 0 Å². The average Bonchev–Trinajstić information content (AvgIpc) is 2.61. The van der Waals surface area contributed by atoms with Gasteiger partial charge in [0.25, 0.3) is 0 Å².